The molecule has 0 saturated carbocycles. The number of nitrogens with one attached hydrogen (secondary N) is 1. The molecule has 0 radical (unpaired) electrons. The van der Waals surface area contributed by atoms with Crippen LogP contribution in [0.25, 0.3) is 11.6 Å². The van der Waals surface area contributed by atoms with Gasteiger partial charge in [0.2, 0.25) is 5.95 Å². The number of nitrogens with two attached hydrogens (primary N) is 1. The predicted molar refractivity (Wildman–Crippen MR) is 68.3 cm³/mol. The number of hydrogen-bond acceptors (Lipinski definition) is 5. The molecule has 1 unspecified atom stereocenters. The van der Waals surface area contributed by atoms with E-state index in [1.54, 1.807) is 0 Å². The standard InChI is InChI=1S/C12H17N5O/c1-2-9-3-4-10(18-9)11-14-12(16-15-11)17-6-5-8(13)7-17/h3-4,8H,2,5-7,13H2,1H3,(H,14,15,16). The smallest absolute Gasteiger partial charge is 0.245 e. The Bertz CT molecular complexity index is 532. The summed E-state index contributed by atoms with van der Waals surface area (Å²) in [5, 5.41) is 7.13. The second-order valence-electron chi connectivity index (χ2n) is 4.60. The van der Waals surface area contributed by atoms with Crippen LogP contribution < -0.4 is 10.6 Å². The molecule has 2 aromatic rings. The predicted octanol–water partition coefficient (Wildman–Crippen LogP) is 1.16. The molecular formula is C12H17N5O. The van der Waals surface area contributed by atoms with Crippen LogP contribution in [0.15, 0.2) is 16.5 Å². The van der Waals surface area contributed by atoms with Gasteiger partial charge in [0.25, 0.3) is 0 Å². The van der Waals surface area contributed by atoms with Crippen molar-refractivity contribution in [3.05, 3.63) is 17.9 Å². The summed E-state index contributed by atoms with van der Waals surface area (Å²) >= 11 is 0. The maximum atomic E-state index is 5.88. The van der Waals surface area contributed by atoms with Gasteiger partial charge in [-0.05, 0) is 18.6 Å². The van der Waals surface area contributed by atoms with E-state index in [1.807, 2.05) is 12.1 Å². The fourth-order valence-corrected chi connectivity index (χ4v) is 2.17. The average molecular weight is 247 g/mol. The number of nitrogens with zero attached hydrogens (tertiary/aromatic N) is 3. The number of hydrogen-bond donors (Lipinski definition) is 2. The maximum absolute atomic E-state index is 5.88. The molecule has 1 fully saturated rings. The van der Waals surface area contributed by atoms with E-state index in [1.165, 1.54) is 0 Å². The summed E-state index contributed by atoms with van der Waals surface area (Å²) in [6.07, 6.45) is 1.87. The number of aryl methyl sites for hydroxylation is 1. The summed E-state index contributed by atoms with van der Waals surface area (Å²) < 4.78 is 5.64. The van der Waals surface area contributed by atoms with Gasteiger partial charge < -0.3 is 15.1 Å². The van der Waals surface area contributed by atoms with Crippen molar-refractivity contribution in [1.82, 2.24) is 15.2 Å². The van der Waals surface area contributed by atoms with Crippen LogP contribution in [-0.2, 0) is 6.42 Å². The van der Waals surface area contributed by atoms with E-state index in [0.717, 1.165) is 37.5 Å². The Labute approximate surface area is 105 Å². The van der Waals surface area contributed by atoms with Crippen LogP contribution in [0.5, 0.6) is 0 Å². The van der Waals surface area contributed by atoms with Crippen molar-refractivity contribution in [2.45, 2.75) is 25.8 Å². The minimum Gasteiger partial charge on any atom is -0.458 e. The molecule has 96 valence electrons. The van der Waals surface area contributed by atoms with E-state index in [-0.39, 0.29) is 6.04 Å². The zero-order valence-corrected chi connectivity index (χ0v) is 10.4. The first-order valence-corrected chi connectivity index (χ1v) is 6.28. The SMILES string of the molecule is CCc1ccc(-c2nc(N3CCC(N)C3)n[nH]2)o1. The summed E-state index contributed by atoms with van der Waals surface area (Å²) in [7, 11) is 0. The number of anilines is 1. The van der Waals surface area contributed by atoms with Gasteiger partial charge in [-0.2, -0.15) is 4.98 Å². The van der Waals surface area contributed by atoms with Gasteiger partial charge in [-0.25, -0.2) is 0 Å². The van der Waals surface area contributed by atoms with Crippen LogP contribution in [0.1, 0.15) is 19.1 Å². The number of H-pyrrole nitrogens is 1. The molecular weight excluding hydrogens is 230 g/mol. The van der Waals surface area contributed by atoms with E-state index >= 15 is 0 Å². The molecule has 3 heterocycles. The van der Waals surface area contributed by atoms with Crippen molar-refractivity contribution in [2.75, 3.05) is 18.0 Å². The van der Waals surface area contributed by atoms with E-state index in [9.17, 15) is 0 Å². The Kier molecular flexibility index (Phi) is 2.79. The highest BCUT2D eigenvalue weighted by Gasteiger charge is 2.23. The summed E-state index contributed by atoms with van der Waals surface area (Å²) in [5.74, 6) is 3.05. The van der Waals surface area contributed by atoms with Gasteiger partial charge in [-0.3, -0.25) is 5.10 Å². The van der Waals surface area contributed by atoms with Crippen LogP contribution in [0.3, 0.4) is 0 Å². The molecule has 3 N–H and O–H groups in total. The van der Waals surface area contributed by atoms with Gasteiger partial charge in [-0.15, -0.1) is 5.10 Å². The lowest BCUT2D eigenvalue weighted by atomic mass is 10.3. The molecule has 0 spiro atoms. The highest BCUT2D eigenvalue weighted by molar-refractivity contribution is 5.50. The fraction of sp³-hybridized carbons (Fsp3) is 0.500. The van der Waals surface area contributed by atoms with Crippen LogP contribution >= 0.6 is 0 Å². The molecule has 1 atom stereocenters. The van der Waals surface area contributed by atoms with Crippen LogP contribution in [0.4, 0.5) is 5.95 Å². The monoisotopic (exact) mass is 247 g/mol. The number of aromatic nitrogens is 3. The quantitative estimate of drug-likeness (QED) is 0.850. The summed E-state index contributed by atoms with van der Waals surface area (Å²) in [4.78, 5) is 6.55. The highest BCUT2D eigenvalue weighted by atomic mass is 16.3. The van der Waals surface area contributed by atoms with E-state index < -0.39 is 0 Å². The minimum absolute atomic E-state index is 0.224. The number of aromatic amines is 1. The molecule has 18 heavy (non-hydrogen) atoms. The molecule has 0 amide bonds. The largest absolute Gasteiger partial charge is 0.458 e. The molecule has 1 saturated heterocycles. The van der Waals surface area contributed by atoms with Crippen molar-refractivity contribution >= 4 is 5.95 Å². The Morgan fingerprint density at radius 1 is 1.56 bits per heavy atom. The molecule has 0 aromatic carbocycles. The first-order valence-electron chi connectivity index (χ1n) is 6.28. The maximum Gasteiger partial charge on any atom is 0.245 e. The molecule has 3 rings (SSSR count). The Hall–Kier alpha value is -1.82. The Morgan fingerprint density at radius 2 is 2.44 bits per heavy atom. The molecule has 6 heteroatoms. The van der Waals surface area contributed by atoms with Gasteiger partial charge in [0.1, 0.15) is 5.76 Å². The molecule has 6 nitrogen and oxygen atoms in total. The van der Waals surface area contributed by atoms with Crippen LogP contribution in [0, 0.1) is 0 Å². The first kappa shape index (κ1) is 11.3. The third-order valence-corrected chi connectivity index (χ3v) is 3.22. The Morgan fingerprint density at radius 3 is 3.11 bits per heavy atom. The Balaban J connectivity index is 1.80. The van der Waals surface area contributed by atoms with Crippen LogP contribution in [-0.4, -0.2) is 34.3 Å². The third kappa shape index (κ3) is 1.99. The van der Waals surface area contributed by atoms with E-state index in [0.29, 0.717) is 11.8 Å². The summed E-state index contributed by atoms with van der Waals surface area (Å²) in [6, 6.07) is 4.10. The van der Waals surface area contributed by atoms with Gasteiger partial charge in [-0.1, -0.05) is 6.92 Å². The van der Waals surface area contributed by atoms with E-state index in [2.05, 4.69) is 27.0 Å². The van der Waals surface area contributed by atoms with Crippen molar-refractivity contribution in [3.63, 3.8) is 0 Å². The van der Waals surface area contributed by atoms with Gasteiger partial charge in [0.05, 0.1) is 0 Å². The lowest BCUT2D eigenvalue weighted by Gasteiger charge is -2.11. The molecule has 1 aliphatic heterocycles. The van der Waals surface area contributed by atoms with Crippen molar-refractivity contribution in [3.8, 4) is 11.6 Å². The van der Waals surface area contributed by atoms with Crippen molar-refractivity contribution < 1.29 is 4.42 Å². The van der Waals surface area contributed by atoms with E-state index in [4.69, 9.17) is 10.2 Å². The van der Waals surface area contributed by atoms with Gasteiger partial charge in [0, 0.05) is 25.6 Å². The lowest BCUT2D eigenvalue weighted by molar-refractivity contribution is 0.526. The number of furan rings is 1. The fourth-order valence-electron chi connectivity index (χ4n) is 2.17. The van der Waals surface area contributed by atoms with Crippen LogP contribution in [0.2, 0.25) is 0 Å². The van der Waals surface area contributed by atoms with Crippen molar-refractivity contribution in [2.24, 2.45) is 5.73 Å². The molecule has 1 aliphatic rings. The second-order valence-corrected chi connectivity index (χ2v) is 4.60. The zero-order valence-electron chi connectivity index (χ0n) is 10.4. The van der Waals surface area contributed by atoms with Crippen molar-refractivity contribution in [1.29, 1.82) is 0 Å². The average Bonchev–Trinajstić information content (AvgIpc) is 3.07. The molecule has 0 bridgehead atoms. The molecule has 2 aromatic heterocycles. The normalized spacial score (nSPS) is 19.7. The highest BCUT2D eigenvalue weighted by Crippen LogP contribution is 2.22. The third-order valence-electron chi connectivity index (χ3n) is 3.22. The topological polar surface area (TPSA) is 84.0 Å². The lowest BCUT2D eigenvalue weighted by Crippen LogP contribution is -2.26. The summed E-state index contributed by atoms with van der Waals surface area (Å²) in [6.45, 7) is 3.78. The summed E-state index contributed by atoms with van der Waals surface area (Å²) in [5.41, 5.74) is 5.88. The zero-order chi connectivity index (χ0) is 12.5. The number of rotatable bonds is 3. The van der Waals surface area contributed by atoms with Gasteiger partial charge in [0.15, 0.2) is 11.6 Å². The second kappa shape index (κ2) is 4.45. The minimum atomic E-state index is 0.224. The molecule has 0 aliphatic carbocycles. The van der Waals surface area contributed by atoms with Gasteiger partial charge >= 0.3 is 0 Å². The first-order chi connectivity index (χ1) is 8.76.